The molecule has 1 saturated heterocycles. The van der Waals surface area contributed by atoms with E-state index in [4.69, 9.17) is 14.2 Å². The Morgan fingerprint density at radius 2 is 1.64 bits per heavy atom. The maximum absolute atomic E-state index is 12.5. The third kappa shape index (κ3) is 5.60. The Morgan fingerprint density at radius 3 is 2.18 bits per heavy atom. The zero-order valence-corrected chi connectivity index (χ0v) is 16.7. The van der Waals surface area contributed by atoms with E-state index in [1.54, 1.807) is 29.2 Å². The van der Waals surface area contributed by atoms with E-state index in [-0.39, 0.29) is 36.1 Å². The number of carbonyl (C=O) groups is 2. The molecule has 1 aromatic carbocycles. The number of hydrogen-bond donors (Lipinski definition) is 0. The smallest absolute Gasteiger partial charge is 0.344 e. The number of sulfone groups is 1. The van der Waals surface area contributed by atoms with Crippen molar-refractivity contribution in [1.82, 2.24) is 4.90 Å². The van der Waals surface area contributed by atoms with Gasteiger partial charge < -0.3 is 19.1 Å². The number of carbonyl (C=O) groups excluding carboxylic acids is 2. The summed E-state index contributed by atoms with van der Waals surface area (Å²) in [5, 5.41) is 0. The molecule has 0 unspecified atom stereocenters. The van der Waals surface area contributed by atoms with Crippen molar-refractivity contribution in [3.63, 3.8) is 0 Å². The number of nitrogens with zero attached hydrogens (tertiary/aromatic N) is 1. The van der Waals surface area contributed by atoms with E-state index in [0.29, 0.717) is 24.5 Å². The van der Waals surface area contributed by atoms with Gasteiger partial charge in [-0.15, -0.1) is 0 Å². The van der Waals surface area contributed by atoms with Gasteiger partial charge in [-0.25, -0.2) is 13.2 Å². The first-order chi connectivity index (χ1) is 13.4. The zero-order chi connectivity index (χ0) is 20.1. The van der Waals surface area contributed by atoms with Crippen LogP contribution in [0.1, 0.15) is 26.2 Å². The van der Waals surface area contributed by atoms with Gasteiger partial charge in [-0.3, -0.25) is 4.79 Å². The van der Waals surface area contributed by atoms with Gasteiger partial charge >= 0.3 is 5.97 Å². The summed E-state index contributed by atoms with van der Waals surface area (Å²) in [6.45, 7) is 1.73. The van der Waals surface area contributed by atoms with Crippen molar-refractivity contribution in [3.05, 3.63) is 24.3 Å². The van der Waals surface area contributed by atoms with E-state index in [0.717, 1.165) is 12.8 Å². The molecule has 9 heteroatoms. The molecule has 1 aliphatic carbocycles. The molecule has 0 bridgehead atoms. The second kappa shape index (κ2) is 8.81. The molecular formula is C19H25NO7S. The predicted molar refractivity (Wildman–Crippen MR) is 101 cm³/mol. The molecule has 1 saturated carbocycles. The molecule has 0 N–H and O–H groups in total. The van der Waals surface area contributed by atoms with Crippen LogP contribution in [0.3, 0.4) is 0 Å². The number of ether oxygens (including phenoxy) is 3. The maximum Gasteiger partial charge on any atom is 0.344 e. The molecular weight excluding hydrogens is 386 g/mol. The molecule has 1 atom stereocenters. The Kier molecular flexibility index (Phi) is 6.43. The lowest BCUT2D eigenvalue weighted by molar-refractivity contribution is -0.154. The standard InChI is InChI=1S/C19H25NO7S/c1-2-25-16-5-7-17(8-6-16)26-12-19(22)27-11-18(21)20(14-3-4-14)15-9-10-28(23,24)13-15/h5-8,14-15H,2-4,9-13H2,1H3/t15-/m0/s1. The summed E-state index contributed by atoms with van der Waals surface area (Å²) < 4.78 is 39.1. The Morgan fingerprint density at radius 1 is 1.00 bits per heavy atom. The fourth-order valence-corrected chi connectivity index (χ4v) is 4.96. The van der Waals surface area contributed by atoms with E-state index in [2.05, 4.69) is 0 Å². The summed E-state index contributed by atoms with van der Waals surface area (Å²) in [4.78, 5) is 26.0. The summed E-state index contributed by atoms with van der Waals surface area (Å²) in [6, 6.07) is 6.57. The lowest BCUT2D eigenvalue weighted by Crippen LogP contribution is -2.45. The van der Waals surface area contributed by atoms with Crippen LogP contribution in [0.4, 0.5) is 0 Å². The van der Waals surface area contributed by atoms with Gasteiger partial charge in [0.05, 0.1) is 18.1 Å². The average Bonchev–Trinajstić information content (AvgIpc) is 3.42. The lowest BCUT2D eigenvalue weighted by Gasteiger charge is -2.28. The predicted octanol–water partition coefficient (Wildman–Crippen LogP) is 1.19. The van der Waals surface area contributed by atoms with Gasteiger partial charge in [0, 0.05) is 12.1 Å². The lowest BCUT2D eigenvalue weighted by atomic mass is 10.2. The van der Waals surface area contributed by atoms with Crippen LogP contribution in [0.25, 0.3) is 0 Å². The fourth-order valence-electron chi connectivity index (χ4n) is 3.25. The van der Waals surface area contributed by atoms with Gasteiger partial charge in [0.25, 0.3) is 5.91 Å². The molecule has 1 heterocycles. The number of hydrogen-bond acceptors (Lipinski definition) is 7. The van der Waals surface area contributed by atoms with Crippen LogP contribution in [0, 0.1) is 0 Å². The largest absolute Gasteiger partial charge is 0.494 e. The van der Waals surface area contributed by atoms with Crippen molar-refractivity contribution >= 4 is 21.7 Å². The Labute approximate surface area is 164 Å². The van der Waals surface area contributed by atoms with Crippen LogP contribution in [0.2, 0.25) is 0 Å². The number of rotatable bonds is 9. The Hall–Kier alpha value is -2.29. The Balaban J connectivity index is 1.44. The van der Waals surface area contributed by atoms with E-state index < -0.39 is 22.4 Å². The molecule has 1 aliphatic heterocycles. The van der Waals surface area contributed by atoms with Crippen LogP contribution < -0.4 is 9.47 Å². The van der Waals surface area contributed by atoms with Crippen LogP contribution in [0.5, 0.6) is 11.5 Å². The molecule has 28 heavy (non-hydrogen) atoms. The highest BCUT2D eigenvalue weighted by molar-refractivity contribution is 7.91. The quantitative estimate of drug-likeness (QED) is 0.563. The number of esters is 1. The summed E-state index contributed by atoms with van der Waals surface area (Å²) in [5.74, 6) is 0.282. The van der Waals surface area contributed by atoms with Gasteiger partial charge in [0.2, 0.25) is 0 Å². The summed E-state index contributed by atoms with van der Waals surface area (Å²) in [6.07, 6.45) is 2.16. The van der Waals surface area contributed by atoms with E-state index >= 15 is 0 Å². The third-order valence-corrected chi connectivity index (χ3v) is 6.43. The van der Waals surface area contributed by atoms with Crippen molar-refractivity contribution in [3.8, 4) is 11.5 Å². The molecule has 0 spiro atoms. The van der Waals surface area contributed by atoms with Crippen molar-refractivity contribution in [2.24, 2.45) is 0 Å². The van der Waals surface area contributed by atoms with Gasteiger partial charge in [-0.05, 0) is 50.5 Å². The molecule has 2 fully saturated rings. The van der Waals surface area contributed by atoms with Crippen molar-refractivity contribution in [2.75, 3.05) is 31.3 Å². The number of benzene rings is 1. The first kappa shape index (κ1) is 20.4. The highest BCUT2D eigenvalue weighted by atomic mass is 32.2. The topological polar surface area (TPSA) is 99.2 Å². The molecule has 0 aromatic heterocycles. The average molecular weight is 411 g/mol. The molecule has 2 aliphatic rings. The van der Waals surface area contributed by atoms with E-state index in [9.17, 15) is 18.0 Å². The van der Waals surface area contributed by atoms with Crippen LogP contribution in [-0.4, -0.2) is 68.6 Å². The molecule has 3 rings (SSSR count). The van der Waals surface area contributed by atoms with Gasteiger partial charge in [0.15, 0.2) is 23.1 Å². The molecule has 154 valence electrons. The minimum absolute atomic E-state index is 0.00988. The molecule has 0 radical (unpaired) electrons. The molecule has 1 amide bonds. The fraction of sp³-hybridized carbons (Fsp3) is 0.579. The van der Waals surface area contributed by atoms with Crippen molar-refractivity contribution < 1.29 is 32.2 Å². The summed E-state index contributed by atoms with van der Waals surface area (Å²) in [7, 11) is -3.09. The highest BCUT2D eigenvalue weighted by Crippen LogP contribution is 2.32. The zero-order valence-electron chi connectivity index (χ0n) is 15.8. The van der Waals surface area contributed by atoms with Crippen LogP contribution in [0.15, 0.2) is 24.3 Å². The second-order valence-electron chi connectivity index (χ2n) is 6.94. The number of amides is 1. The van der Waals surface area contributed by atoms with E-state index in [1.165, 1.54) is 0 Å². The maximum atomic E-state index is 12.5. The first-order valence-corrected chi connectivity index (χ1v) is 11.2. The SMILES string of the molecule is CCOc1ccc(OCC(=O)OCC(=O)N(C2CC2)[C@H]2CCS(=O)(=O)C2)cc1. The highest BCUT2D eigenvalue weighted by Gasteiger charge is 2.42. The summed E-state index contributed by atoms with van der Waals surface area (Å²) in [5.41, 5.74) is 0. The second-order valence-corrected chi connectivity index (χ2v) is 9.17. The van der Waals surface area contributed by atoms with Crippen molar-refractivity contribution in [1.29, 1.82) is 0 Å². The van der Waals surface area contributed by atoms with Gasteiger partial charge in [-0.2, -0.15) is 0 Å². The monoisotopic (exact) mass is 411 g/mol. The van der Waals surface area contributed by atoms with E-state index in [1.807, 2.05) is 6.92 Å². The van der Waals surface area contributed by atoms with Crippen LogP contribution in [-0.2, 0) is 24.2 Å². The summed E-state index contributed by atoms with van der Waals surface area (Å²) >= 11 is 0. The first-order valence-electron chi connectivity index (χ1n) is 9.41. The minimum atomic E-state index is -3.09. The minimum Gasteiger partial charge on any atom is -0.494 e. The van der Waals surface area contributed by atoms with Crippen molar-refractivity contribution in [2.45, 2.75) is 38.3 Å². The van der Waals surface area contributed by atoms with Crippen LogP contribution >= 0.6 is 0 Å². The molecule has 8 nitrogen and oxygen atoms in total. The van der Waals surface area contributed by atoms with Gasteiger partial charge in [-0.1, -0.05) is 0 Å². The Bertz CT molecular complexity index is 802. The van der Waals surface area contributed by atoms with Gasteiger partial charge in [0.1, 0.15) is 11.5 Å². The third-order valence-electron chi connectivity index (χ3n) is 4.68. The molecule has 1 aromatic rings. The normalized spacial score (nSPS) is 20.4.